The van der Waals surface area contributed by atoms with Crippen LogP contribution in [0.15, 0.2) is 29.3 Å². The SMILES string of the molecule is C=CCOc1c(C)cc(Br)cc1N. The van der Waals surface area contributed by atoms with Gasteiger partial charge in [0.1, 0.15) is 12.4 Å². The normalized spacial score (nSPS) is 9.69. The second kappa shape index (κ2) is 4.33. The van der Waals surface area contributed by atoms with Crippen LogP contribution in [0, 0.1) is 6.92 Å². The van der Waals surface area contributed by atoms with E-state index < -0.39 is 0 Å². The van der Waals surface area contributed by atoms with E-state index in [-0.39, 0.29) is 0 Å². The number of aryl methyl sites for hydroxylation is 1. The minimum Gasteiger partial charge on any atom is -0.487 e. The minimum absolute atomic E-state index is 0.479. The van der Waals surface area contributed by atoms with Crippen molar-refractivity contribution >= 4 is 21.6 Å². The van der Waals surface area contributed by atoms with E-state index in [4.69, 9.17) is 10.5 Å². The van der Waals surface area contributed by atoms with Crippen molar-refractivity contribution in [2.45, 2.75) is 6.92 Å². The van der Waals surface area contributed by atoms with Crippen LogP contribution in [0.4, 0.5) is 5.69 Å². The van der Waals surface area contributed by atoms with Crippen LogP contribution in [0.1, 0.15) is 5.56 Å². The summed E-state index contributed by atoms with van der Waals surface area (Å²) in [5, 5.41) is 0. The molecule has 1 aromatic rings. The van der Waals surface area contributed by atoms with E-state index >= 15 is 0 Å². The molecule has 0 aliphatic rings. The van der Waals surface area contributed by atoms with Crippen LogP contribution in [-0.2, 0) is 0 Å². The molecule has 0 radical (unpaired) electrons. The quantitative estimate of drug-likeness (QED) is 0.653. The highest BCUT2D eigenvalue weighted by atomic mass is 79.9. The third-order valence-corrected chi connectivity index (χ3v) is 2.07. The van der Waals surface area contributed by atoms with E-state index in [1.165, 1.54) is 0 Å². The van der Waals surface area contributed by atoms with Gasteiger partial charge < -0.3 is 10.5 Å². The van der Waals surface area contributed by atoms with Crippen LogP contribution in [0.2, 0.25) is 0 Å². The van der Waals surface area contributed by atoms with E-state index in [9.17, 15) is 0 Å². The molecule has 0 amide bonds. The van der Waals surface area contributed by atoms with Gasteiger partial charge in [0.25, 0.3) is 0 Å². The number of anilines is 1. The van der Waals surface area contributed by atoms with Gasteiger partial charge in [0.15, 0.2) is 0 Å². The molecule has 0 aliphatic carbocycles. The molecule has 2 N–H and O–H groups in total. The first-order valence-corrected chi connectivity index (χ1v) is 4.73. The number of hydrogen-bond donors (Lipinski definition) is 1. The minimum atomic E-state index is 0.479. The van der Waals surface area contributed by atoms with Crippen molar-refractivity contribution < 1.29 is 4.74 Å². The standard InChI is InChI=1S/C10H12BrNO/c1-3-4-13-10-7(2)5-8(11)6-9(10)12/h3,5-6H,1,4,12H2,2H3. The van der Waals surface area contributed by atoms with Gasteiger partial charge >= 0.3 is 0 Å². The molecule has 70 valence electrons. The molecular weight excluding hydrogens is 230 g/mol. The van der Waals surface area contributed by atoms with Gasteiger partial charge in [-0.1, -0.05) is 28.6 Å². The second-order valence-electron chi connectivity index (χ2n) is 2.74. The van der Waals surface area contributed by atoms with Crippen molar-refractivity contribution in [3.05, 3.63) is 34.8 Å². The number of hydrogen-bond acceptors (Lipinski definition) is 2. The fraction of sp³-hybridized carbons (Fsp3) is 0.200. The topological polar surface area (TPSA) is 35.2 Å². The number of halogens is 1. The van der Waals surface area contributed by atoms with Crippen LogP contribution in [-0.4, -0.2) is 6.61 Å². The van der Waals surface area contributed by atoms with Gasteiger partial charge in [-0.3, -0.25) is 0 Å². The number of nitrogen functional groups attached to an aromatic ring is 1. The zero-order valence-corrected chi connectivity index (χ0v) is 9.10. The Bertz CT molecular complexity index is 300. The molecule has 1 aromatic carbocycles. The van der Waals surface area contributed by atoms with E-state index in [1.807, 2.05) is 19.1 Å². The first-order valence-electron chi connectivity index (χ1n) is 3.94. The third-order valence-electron chi connectivity index (χ3n) is 1.61. The van der Waals surface area contributed by atoms with Gasteiger partial charge in [-0.15, -0.1) is 0 Å². The van der Waals surface area contributed by atoms with Crippen molar-refractivity contribution in [2.24, 2.45) is 0 Å². The molecule has 1 rings (SSSR count). The van der Waals surface area contributed by atoms with E-state index in [0.717, 1.165) is 15.8 Å². The van der Waals surface area contributed by atoms with Crippen molar-refractivity contribution in [1.82, 2.24) is 0 Å². The lowest BCUT2D eigenvalue weighted by Crippen LogP contribution is -1.99. The molecule has 0 aliphatic heterocycles. The maximum Gasteiger partial charge on any atom is 0.145 e. The summed E-state index contributed by atoms with van der Waals surface area (Å²) in [6, 6.07) is 3.79. The predicted molar refractivity (Wildman–Crippen MR) is 59.0 cm³/mol. The summed E-state index contributed by atoms with van der Waals surface area (Å²) in [6.07, 6.45) is 1.70. The Morgan fingerprint density at radius 2 is 2.31 bits per heavy atom. The molecule has 0 aromatic heterocycles. The number of benzene rings is 1. The molecule has 3 heteroatoms. The molecule has 0 bridgehead atoms. The summed E-state index contributed by atoms with van der Waals surface area (Å²) >= 11 is 3.36. The van der Waals surface area contributed by atoms with Gasteiger partial charge in [-0.05, 0) is 24.6 Å². The van der Waals surface area contributed by atoms with Crippen LogP contribution in [0.25, 0.3) is 0 Å². The Morgan fingerprint density at radius 1 is 1.62 bits per heavy atom. The monoisotopic (exact) mass is 241 g/mol. The summed E-state index contributed by atoms with van der Waals surface area (Å²) < 4.78 is 6.37. The molecule has 0 atom stereocenters. The molecule has 13 heavy (non-hydrogen) atoms. The van der Waals surface area contributed by atoms with Gasteiger partial charge in [0, 0.05) is 4.47 Å². The van der Waals surface area contributed by atoms with Crippen LogP contribution < -0.4 is 10.5 Å². The molecular formula is C10H12BrNO. The molecule has 2 nitrogen and oxygen atoms in total. The summed E-state index contributed by atoms with van der Waals surface area (Å²) in [4.78, 5) is 0. The highest BCUT2D eigenvalue weighted by molar-refractivity contribution is 9.10. The molecule has 0 unspecified atom stereocenters. The summed E-state index contributed by atoms with van der Waals surface area (Å²) in [7, 11) is 0. The summed E-state index contributed by atoms with van der Waals surface area (Å²) in [5.74, 6) is 0.739. The smallest absolute Gasteiger partial charge is 0.145 e. The lowest BCUT2D eigenvalue weighted by Gasteiger charge is -2.10. The molecule has 0 heterocycles. The van der Waals surface area contributed by atoms with Gasteiger partial charge in [0.2, 0.25) is 0 Å². The Labute approximate surface area is 86.5 Å². The lowest BCUT2D eigenvalue weighted by molar-refractivity contribution is 0.362. The maximum absolute atomic E-state index is 5.77. The van der Waals surface area contributed by atoms with Crippen molar-refractivity contribution in [3.63, 3.8) is 0 Å². The fourth-order valence-electron chi connectivity index (χ4n) is 1.10. The second-order valence-corrected chi connectivity index (χ2v) is 3.66. The number of nitrogens with two attached hydrogens (primary N) is 1. The Morgan fingerprint density at radius 3 is 2.85 bits per heavy atom. The Kier molecular flexibility index (Phi) is 3.37. The van der Waals surface area contributed by atoms with Gasteiger partial charge in [-0.25, -0.2) is 0 Å². The Balaban J connectivity index is 2.98. The van der Waals surface area contributed by atoms with Crippen LogP contribution in [0.3, 0.4) is 0 Å². The summed E-state index contributed by atoms with van der Waals surface area (Å²) in [5.41, 5.74) is 7.44. The number of rotatable bonds is 3. The van der Waals surface area contributed by atoms with Crippen LogP contribution >= 0.6 is 15.9 Å². The van der Waals surface area contributed by atoms with E-state index in [2.05, 4.69) is 22.5 Å². The van der Waals surface area contributed by atoms with Crippen molar-refractivity contribution in [2.75, 3.05) is 12.3 Å². The van der Waals surface area contributed by atoms with E-state index in [1.54, 1.807) is 6.08 Å². The largest absolute Gasteiger partial charge is 0.487 e. The van der Waals surface area contributed by atoms with Gasteiger partial charge in [-0.2, -0.15) is 0 Å². The summed E-state index contributed by atoms with van der Waals surface area (Å²) in [6.45, 7) is 6.01. The lowest BCUT2D eigenvalue weighted by atomic mass is 10.2. The molecule has 0 saturated heterocycles. The first-order chi connectivity index (χ1) is 6.15. The molecule has 0 spiro atoms. The average molecular weight is 242 g/mol. The van der Waals surface area contributed by atoms with Crippen molar-refractivity contribution in [3.8, 4) is 5.75 Å². The van der Waals surface area contributed by atoms with Crippen molar-refractivity contribution in [1.29, 1.82) is 0 Å². The highest BCUT2D eigenvalue weighted by Crippen LogP contribution is 2.29. The zero-order valence-electron chi connectivity index (χ0n) is 7.51. The molecule has 0 saturated carbocycles. The predicted octanol–water partition coefficient (Wildman–Crippen LogP) is 2.90. The Hall–Kier alpha value is -0.960. The van der Waals surface area contributed by atoms with Crippen LogP contribution in [0.5, 0.6) is 5.75 Å². The van der Waals surface area contributed by atoms with E-state index in [0.29, 0.717) is 12.3 Å². The highest BCUT2D eigenvalue weighted by Gasteiger charge is 2.04. The molecule has 0 fully saturated rings. The average Bonchev–Trinajstić information content (AvgIpc) is 2.02. The maximum atomic E-state index is 5.77. The fourth-order valence-corrected chi connectivity index (χ4v) is 1.69. The first kappa shape index (κ1) is 10.1. The van der Waals surface area contributed by atoms with Gasteiger partial charge in [0.05, 0.1) is 5.69 Å². The zero-order chi connectivity index (χ0) is 9.84. The number of ether oxygens (including phenoxy) is 1. The third kappa shape index (κ3) is 2.49.